The average Bonchev–Trinajstić information content (AvgIpc) is 2.54. The van der Waals surface area contributed by atoms with Gasteiger partial charge in [0.25, 0.3) is 0 Å². The van der Waals surface area contributed by atoms with Gasteiger partial charge in [0, 0.05) is 5.56 Å². The third-order valence-corrected chi connectivity index (χ3v) is 3.24. The summed E-state index contributed by atoms with van der Waals surface area (Å²) in [4.78, 5) is 0. The molecule has 1 heterocycles. The highest BCUT2D eigenvalue weighted by Gasteiger charge is 2.13. The van der Waals surface area contributed by atoms with Gasteiger partial charge in [0.05, 0.1) is 23.3 Å². The second-order valence-corrected chi connectivity index (χ2v) is 4.51. The SMILES string of the molecule is N#Cc1ccc(C2=Cc3cc(C#N)ccc3OC2)cc1. The van der Waals surface area contributed by atoms with Crippen molar-refractivity contribution in [3.63, 3.8) is 0 Å². The molecule has 0 bridgehead atoms. The number of ether oxygens (including phenoxy) is 1. The van der Waals surface area contributed by atoms with Crippen LogP contribution < -0.4 is 4.74 Å². The summed E-state index contributed by atoms with van der Waals surface area (Å²) in [5, 5.41) is 17.7. The van der Waals surface area contributed by atoms with E-state index in [0.29, 0.717) is 17.7 Å². The molecular weight excluding hydrogens is 248 g/mol. The molecule has 0 unspecified atom stereocenters. The fourth-order valence-corrected chi connectivity index (χ4v) is 2.17. The molecule has 0 fully saturated rings. The molecule has 94 valence electrons. The number of benzene rings is 2. The standard InChI is InChI=1S/C17H10N2O/c18-9-12-1-4-14(5-2-12)16-8-15-7-13(10-19)3-6-17(15)20-11-16/h1-8H,11H2. The van der Waals surface area contributed by atoms with Crippen LogP contribution in [0.15, 0.2) is 42.5 Å². The van der Waals surface area contributed by atoms with Crippen LogP contribution in [-0.4, -0.2) is 6.61 Å². The zero-order valence-corrected chi connectivity index (χ0v) is 10.6. The zero-order chi connectivity index (χ0) is 13.9. The lowest BCUT2D eigenvalue weighted by atomic mass is 9.99. The first kappa shape index (κ1) is 12.0. The minimum Gasteiger partial charge on any atom is -0.488 e. The molecule has 0 aliphatic carbocycles. The van der Waals surface area contributed by atoms with E-state index in [1.807, 2.05) is 30.3 Å². The summed E-state index contributed by atoms with van der Waals surface area (Å²) >= 11 is 0. The fourth-order valence-electron chi connectivity index (χ4n) is 2.17. The predicted octanol–water partition coefficient (Wildman–Crippen LogP) is 3.36. The zero-order valence-electron chi connectivity index (χ0n) is 10.6. The second-order valence-electron chi connectivity index (χ2n) is 4.51. The van der Waals surface area contributed by atoms with Crippen LogP contribution in [0.4, 0.5) is 0 Å². The maximum atomic E-state index is 8.94. The summed E-state index contributed by atoms with van der Waals surface area (Å²) in [6.07, 6.45) is 2.03. The summed E-state index contributed by atoms with van der Waals surface area (Å²) in [5.41, 5.74) is 4.23. The van der Waals surface area contributed by atoms with E-state index >= 15 is 0 Å². The number of nitrogens with zero attached hydrogens (tertiary/aromatic N) is 2. The van der Waals surface area contributed by atoms with Crippen molar-refractivity contribution in [1.29, 1.82) is 10.5 Å². The molecule has 0 N–H and O–H groups in total. The molecule has 0 atom stereocenters. The van der Waals surface area contributed by atoms with E-state index in [2.05, 4.69) is 12.1 Å². The molecular formula is C17H10N2O. The number of fused-ring (bicyclic) bond motifs is 1. The van der Waals surface area contributed by atoms with Crippen LogP contribution >= 0.6 is 0 Å². The summed E-state index contributed by atoms with van der Waals surface area (Å²) in [5.74, 6) is 0.793. The molecule has 0 radical (unpaired) electrons. The smallest absolute Gasteiger partial charge is 0.127 e. The quantitative estimate of drug-likeness (QED) is 0.788. The van der Waals surface area contributed by atoms with Gasteiger partial charge in [-0.3, -0.25) is 0 Å². The summed E-state index contributed by atoms with van der Waals surface area (Å²) in [6, 6.07) is 17.0. The van der Waals surface area contributed by atoms with E-state index in [1.165, 1.54) is 0 Å². The van der Waals surface area contributed by atoms with Gasteiger partial charge in [-0.25, -0.2) is 0 Å². The fraction of sp³-hybridized carbons (Fsp3) is 0.0588. The predicted molar refractivity (Wildman–Crippen MR) is 75.7 cm³/mol. The van der Waals surface area contributed by atoms with E-state index in [-0.39, 0.29) is 0 Å². The number of hydrogen-bond acceptors (Lipinski definition) is 3. The highest BCUT2D eigenvalue weighted by molar-refractivity contribution is 5.86. The number of hydrogen-bond donors (Lipinski definition) is 0. The highest BCUT2D eigenvalue weighted by Crippen LogP contribution is 2.31. The minimum atomic E-state index is 0.491. The Labute approximate surface area is 117 Å². The Morgan fingerprint density at radius 1 is 0.900 bits per heavy atom. The van der Waals surface area contributed by atoms with Crippen molar-refractivity contribution in [2.75, 3.05) is 6.61 Å². The van der Waals surface area contributed by atoms with Crippen LogP contribution in [-0.2, 0) is 0 Å². The third kappa shape index (κ3) is 2.13. The molecule has 0 aromatic heterocycles. The van der Waals surface area contributed by atoms with Crippen molar-refractivity contribution < 1.29 is 4.74 Å². The molecule has 3 heteroatoms. The molecule has 0 spiro atoms. The maximum absolute atomic E-state index is 8.94. The van der Waals surface area contributed by atoms with Crippen LogP contribution in [0.1, 0.15) is 22.3 Å². The first-order chi connectivity index (χ1) is 9.80. The Bertz CT molecular complexity index is 774. The van der Waals surface area contributed by atoms with Gasteiger partial charge in [-0.15, -0.1) is 0 Å². The number of rotatable bonds is 1. The van der Waals surface area contributed by atoms with Crippen molar-refractivity contribution in [2.45, 2.75) is 0 Å². The van der Waals surface area contributed by atoms with E-state index in [4.69, 9.17) is 15.3 Å². The monoisotopic (exact) mass is 258 g/mol. The lowest BCUT2D eigenvalue weighted by molar-refractivity contribution is 0.366. The third-order valence-electron chi connectivity index (χ3n) is 3.24. The molecule has 3 nitrogen and oxygen atoms in total. The van der Waals surface area contributed by atoms with E-state index in [9.17, 15) is 0 Å². The van der Waals surface area contributed by atoms with E-state index < -0.39 is 0 Å². The van der Waals surface area contributed by atoms with Crippen molar-refractivity contribution in [1.82, 2.24) is 0 Å². The average molecular weight is 258 g/mol. The van der Waals surface area contributed by atoms with Crippen LogP contribution in [0.2, 0.25) is 0 Å². The van der Waals surface area contributed by atoms with Crippen LogP contribution in [0.25, 0.3) is 11.6 Å². The van der Waals surface area contributed by atoms with Crippen LogP contribution in [0, 0.1) is 22.7 Å². The highest BCUT2D eigenvalue weighted by atomic mass is 16.5. The normalized spacial score (nSPS) is 12.4. The lowest BCUT2D eigenvalue weighted by Crippen LogP contribution is -2.06. The van der Waals surface area contributed by atoms with E-state index in [0.717, 1.165) is 22.4 Å². The molecule has 1 aliphatic heterocycles. The molecule has 2 aromatic carbocycles. The van der Waals surface area contributed by atoms with Gasteiger partial charge < -0.3 is 4.74 Å². The van der Waals surface area contributed by atoms with E-state index in [1.54, 1.807) is 18.2 Å². The Hall–Kier alpha value is -3.04. The largest absolute Gasteiger partial charge is 0.488 e. The van der Waals surface area contributed by atoms with Crippen molar-refractivity contribution in [2.24, 2.45) is 0 Å². The molecule has 1 aliphatic rings. The molecule has 0 saturated carbocycles. The maximum Gasteiger partial charge on any atom is 0.127 e. The molecule has 2 aromatic rings. The first-order valence-electron chi connectivity index (χ1n) is 6.18. The van der Waals surface area contributed by atoms with Gasteiger partial charge in [-0.2, -0.15) is 10.5 Å². The Balaban J connectivity index is 2.01. The Morgan fingerprint density at radius 2 is 1.60 bits per heavy atom. The molecule has 0 saturated heterocycles. The lowest BCUT2D eigenvalue weighted by Gasteiger charge is -2.18. The molecule has 20 heavy (non-hydrogen) atoms. The second kappa shape index (κ2) is 4.91. The van der Waals surface area contributed by atoms with Gasteiger partial charge in [0.15, 0.2) is 0 Å². The van der Waals surface area contributed by atoms with Crippen LogP contribution in [0.5, 0.6) is 5.75 Å². The van der Waals surface area contributed by atoms with Crippen LogP contribution in [0.3, 0.4) is 0 Å². The van der Waals surface area contributed by atoms with Gasteiger partial charge >= 0.3 is 0 Å². The van der Waals surface area contributed by atoms with Gasteiger partial charge in [-0.1, -0.05) is 12.1 Å². The Kier molecular flexibility index (Phi) is 2.95. The van der Waals surface area contributed by atoms with Crippen molar-refractivity contribution >= 4 is 11.6 Å². The molecule has 3 rings (SSSR count). The minimum absolute atomic E-state index is 0.491. The summed E-state index contributed by atoms with van der Waals surface area (Å²) in [7, 11) is 0. The van der Waals surface area contributed by atoms with Crippen molar-refractivity contribution in [3.05, 3.63) is 64.7 Å². The van der Waals surface area contributed by atoms with Crippen molar-refractivity contribution in [3.8, 4) is 17.9 Å². The summed E-state index contributed by atoms with van der Waals surface area (Å²) in [6.45, 7) is 0.491. The van der Waals surface area contributed by atoms with Gasteiger partial charge in [0.1, 0.15) is 12.4 Å². The number of nitriles is 2. The topological polar surface area (TPSA) is 56.8 Å². The van der Waals surface area contributed by atoms with Gasteiger partial charge in [-0.05, 0) is 47.5 Å². The summed E-state index contributed by atoms with van der Waals surface area (Å²) < 4.78 is 5.70. The van der Waals surface area contributed by atoms with Gasteiger partial charge in [0.2, 0.25) is 0 Å². The first-order valence-corrected chi connectivity index (χ1v) is 6.18. The Morgan fingerprint density at radius 3 is 2.30 bits per heavy atom. The molecule has 0 amide bonds.